The zero-order chi connectivity index (χ0) is 23.3. The van der Waals surface area contributed by atoms with Crippen LogP contribution in [0.3, 0.4) is 0 Å². The standard InChI is InChI=1S/C23H28FN3O5S/c24-18-5-3-17(4-6-18)14-23(28)26-22-15-20(33(29,30)27-9-12-31-13-10-27)7-8-21(22)25-16-19-2-1-11-32-19/h3-8,15,19,25H,1-2,9-14,16H2,(H,26,28). The maximum Gasteiger partial charge on any atom is 0.243 e. The van der Waals surface area contributed by atoms with E-state index in [2.05, 4.69) is 10.6 Å². The van der Waals surface area contributed by atoms with Crippen molar-refractivity contribution in [2.24, 2.45) is 0 Å². The van der Waals surface area contributed by atoms with Crippen LogP contribution in [0.5, 0.6) is 0 Å². The van der Waals surface area contributed by atoms with Crippen molar-refractivity contribution >= 4 is 27.3 Å². The van der Waals surface area contributed by atoms with Gasteiger partial charge >= 0.3 is 0 Å². The zero-order valence-corrected chi connectivity index (χ0v) is 19.1. The van der Waals surface area contributed by atoms with Gasteiger partial charge in [-0.1, -0.05) is 12.1 Å². The number of benzene rings is 2. The molecule has 2 N–H and O–H groups in total. The second-order valence-electron chi connectivity index (χ2n) is 8.09. The molecular formula is C23H28FN3O5S. The maximum atomic E-state index is 13.2. The molecule has 0 radical (unpaired) electrons. The summed E-state index contributed by atoms with van der Waals surface area (Å²) in [6.07, 6.45) is 2.06. The lowest BCUT2D eigenvalue weighted by atomic mass is 10.1. The van der Waals surface area contributed by atoms with Crippen LogP contribution in [0.2, 0.25) is 0 Å². The highest BCUT2D eigenvalue weighted by Gasteiger charge is 2.27. The number of ether oxygens (including phenoxy) is 2. The molecule has 2 aromatic carbocycles. The van der Waals surface area contributed by atoms with E-state index in [1.807, 2.05) is 0 Å². The predicted molar refractivity (Wildman–Crippen MR) is 122 cm³/mol. The van der Waals surface area contributed by atoms with Crippen LogP contribution >= 0.6 is 0 Å². The molecular weight excluding hydrogens is 449 g/mol. The van der Waals surface area contributed by atoms with Crippen LogP contribution in [0, 0.1) is 5.82 Å². The van der Waals surface area contributed by atoms with Crippen molar-refractivity contribution in [3.8, 4) is 0 Å². The summed E-state index contributed by atoms with van der Waals surface area (Å²) in [7, 11) is -3.72. The number of hydrogen-bond donors (Lipinski definition) is 2. The quantitative estimate of drug-likeness (QED) is 0.607. The van der Waals surface area contributed by atoms with Gasteiger partial charge in [0.15, 0.2) is 0 Å². The third-order valence-corrected chi connectivity index (χ3v) is 7.59. The lowest BCUT2D eigenvalue weighted by molar-refractivity contribution is -0.115. The molecule has 2 heterocycles. The Labute approximate surface area is 193 Å². The van der Waals surface area contributed by atoms with Crippen LogP contribution in [-0.2, 0) is 30.7 Å². The molecule has 33 heavy (non-hydrogen) atoms. The normalized spacial score (nSPS) is 19.4. The fourth-order valence-electron chi connectivity index (χ4n) is 3.89. The highest BCUT2D eigenvalue weighted by molar-refractivity contribution is 7.89. The van der Waals surface area contributed by atoms with Gasteiger partial charge in [0.2, 0.25) is 15.9 Å². The first-order valence-electron chi connectivity index (χ1n) is 11.0. The lowest BCUT2D eigenvalue weighted by Crippen LogP contribution is -2.40. The smallest absolute Gasteiger partial charge is 0.243 e. The second kappa shape index (κ2) is 10.6. The number of rotatable bonds is 8. The summed E-state index contributed by atoms with van der Waals surface area (Å²) in [5, 5.41) is 6.09. The van der Waals surface area contributed by atoms with Crippen molar-refractivity contribution in [2.45, 2.75) is 30.3 Å². The maximum absolute atomic E-state index is 13.2. The first-order valence-corrected chi connectivity index (χ1v) is 12.5. The van der Waals surface area contributed by atoms with Gasteiger partial charge in [-0.05, 0) is 48.7 Å². The molecule has 10 heteroatoms. The Morgan fingerprint density at radius 1 is 1.06 bits per heavy atom. The Morgan fingerprint density at radius 3 is 2.52 bits per heavy atom. The van der Waals surface area contributed by atoms with Gasteiger partial charge in [-0.25, -0.2) is 12.8 Å². The zero-order valence-electron chi connectivity index (χ0n) is 18.3. The molecule has 0 aliphatic carbocycles. The highest BCUT2D eigenvalue weighted by Crippen LogP contribution is 2.28. The molecule has 1 amide bonds. The molecule has 178 valence electrons. The molecule has 2 aromatic rings. The summed E-state index contributed by atoms with van der Waals surface area (Å²) in [6, 6.07) is 10.4. The molecule has 2 aliphatic rings. The molecule has 0 saturated carbocycles. The van der Waals surface area contributed by atoms with Crippen molar-refractivity contribution in [1.82, 2.24) is 4.31 Å². The van der Waals surface area contributed by atoms with E-state index in [0.29, 0.717) is 36.7 Å². The second-order valence-corrected chi connectivity index (χ2v) is 10.0. The van der Waals surface area contributed by atoms with Gasteiger partial charge in [-0.15, -0.1) is 0 Å². The molecule has 2 aliphatic heterocycles. The third kappa shape index (κ3) is 6.08. The van der Waals surface area contributed by atoms with Gasteiger partial charge in [-0.3, -0.25) is 4.79 Å². The van der Waals surface area contributed by atoms with E-state index < -0.39 is 10.0 Å². The molecule has 0 bridgehead atoms. The minimum absolute atomic E-state index is 0.0336. The summed E-state index contributed by atoms with van der Waals surface area (Å²) in [5.74, 6) is -0.705. The topological polar surface area (TPSA) is 97.0 Å². The number of nitrogens with one attached hydrogen (secondary N) is 2. The molecule has 2 fully saturated rings. The van der Waals surface area contributed by atoms with Crippen molar-refractivity contribution in [2.75, 3.05) is 50.1 Å². The number of sulfonamides is 1. The third-order valence-electron chi connectivity index (χ3n) is 5.70. The summed E-state index contributed by atoms with van der Waals surface area (Å²) in [6.45, 7) is 2.55. The van der Waals surface area contributed by atoms with Crippen molar-refractivity contribution in [3.05, 3.63) is 53.8 Å². The Bertz CT molecular complexity index is 1070. The highest BCUT2D eigenvalue weighted by atomic mass is 32.2. The molecule has 4 rings (SSSR count). The van der Waals surface area contributed by atoms with Gasteiger partial charge in [0.1, 0.15) is 5.82 Å². The van der Waals surface area contributed by atoms with Crippen molar-refractivity contribution < 1.29 is 27.1 Å². The molecule has 8 nitrogen and oxygen atoms in total. The summed E-state index contributed by atoms with van der Waals surface area (Å²) in [4.78, 5) is 12.8. The predicted octanol–water partition coefficient (Wildman–Crippen LogP) is 2.62. The SMILES string of the molecule is O=C(Cc1ccc(F)cc1)Nc1cc(S(=O)(=O)N2CCOCC2)ccc1NCC1CCCO1. The number of carbonyl (C=O) groups is 1. The lowest BCUT2D eigenvalue weighted by Gasteiger charge is -2.26. The largest absolute Gasteiger partial charge is 0.381 e. The summed E-state index contributed by atoms with van der Waals surface area (Å²) in [5.41, 5.74) is 1.63. The first kappa shape index (κ1) is 23.6. The minimum atomic E-state index is -3.72. The van der Waals surface area contributed by atoms with E-state index in [0.717, 1.165) is 19.4 Å². The number of carbonyl (C=O) groups excluding carboxylic acids is 1. The number of hydrogen-bond acceptors (Lipinski definition) is 6. The van der Waals surface area contributed by atoms with E-state index in [9.17, 15) is 17.6 Å². The van der Waals surface area contributed by atoms with Gasteiger partial charge in [-0.2, -0.15) is 4.31 Å². The summed E-state index contributed by atoms with van der Waals surface area (Å²) < 4.78 is 51.7. The number of amides is 1. The van der Waals surface area contributed by atoms with Gasteiger partial charge in [0, 0.05) is 26.2 Å². The van der Waals surface area contributed by atoms with E-state index in [4.69, 9.17) is 9.47 Å². The molecule has 1 atom stereocenters. The average Bonchev–Trinajstić information content (AvgIpc) is 3.34. The van der Waals surface area contributed by atoms with E-state index in [1.54, 1.807) is 18.2 Å². The Kier molecular flexibility index (Phi) is 7.59. The van der Waals surface area contributed by atoms with Crippen LogP contribution < -0.4 is 10.6 Å². The Hall–Kier alpha value is -2.53. The van der Waals surface area contributed by atoms with E-state index in [1.165, 1.54) is 28.6 Å². The molecule has 2 saturated heterocycles. The Morgan fingerprint density at radius 2 is 1.82 bits per heavy atom. The first-order chi connectivity index (χ1) is 15.9. The van der Waals surface area contributed by atoms with E-state index in [-0.39, 0.29) is 42.2 Å². The summed E-state index contributed by atoms with van der Waals surface area (Å²) >= 11 is 0. The number of morpholine rings is 1. The van der Waals surface area contributed by atoms with Crippen LogP contribution in [0.15, 0.2) is 47.4 Å². The number of anilines is 2. The molecule has 1 unspecified atom stereocenters. The van der Waals surface area contributed by atoms with Crippen molar-refractivity contribution in [1.29, 1.82) is 0 Å². The molecule has 0 spiro atoms. The van der Waals surface area contributed by atoms with Crippen LogP contribution in [-0.4, -0.2) is 64.2 Å². The number of nitrogens with zero attached hydrogens (tertiary/aromatic N) is 1. The fraction of sp³-hybridized carbons (Fsp3) is 0.435. The number of halogens is 1. The molecule has 0 aromatic heterocycles. The van der Waals surface area contributed by atoms with Crippen LogP contribution in [0.25, 0.3) is 0 Å². The van der Waals surface area contributed by atoms with Crippen molar-refractivity contribution in [3.63, 3.8) is 0 Å². The van der Waals surface area contributed by atoms with Gasteiger partial charge in [0.05, 0.1) is 42.0 Å². The van der Waals surface area contributed by atoms with Crippen LogP contribution in [0.4, 0.5) is 15.8 Å². The van der Waals surface area contributed by atoms with Gasteiger partial charge < -0.3 is 20.1 Å². The Balaban J connectivity index is 1.55. The van der Waals surface area contributed by atoms with Crippen LogP contribution in [0.1, 0.15) is 18.4 Å². The minimum Gasteiger partial charge on any atom is -0.381 e. The average molecular weight is 478 g/mol. The fourth-order valence-corrected chi connectivity index (χ4v) is 5.32. The monoisotopic (exact) mass is 477 g/mol. The van der Waals surface area contributed by atoms with E-state index >= 15 is 0 Å². The van der Waals surface area contributed by atoms with Gasteiger partial charge in [0.25, 0.3) is 0 Å².